The highest BCUT2D eigenvalue weighted by atomic mass is 19.3. The third kappa shape index (κ3) is 5.72. The van der Waals surface area contributed by atoms with Gasteiger partial charge in [-0.15, -0.1) is 0 Å². The average molecular weight is 457 g/mol. The van der Waals surface area contributed by atoms with Gasteiger partial charge in [0.05, 0.1) is 0 Å². The fraction of sp³-hybridized carbons (Fsp3) is 0.261. The number of halogens is 2. The van der Waals surface area contributed by atoms with Gasteiger partial charge in [0, 0.05) is 28.6 Å². The molecule has 174 valence electrons. The zero-order valence-corrected chi connectivity index (χ0v) is 18.3. The Morgan fingerprint density at radius 3 is 2.48 bits per heavy atom. The monoisotopic (exact) mass is 457 g/mol. The van der Waals surface area contributed by atoms with Crippen LogP contribution in [0.2, 0.25) is 0 Å². The quantitative estimate of drug-likeness (QED) is 0.271. The predicted octanol–water partition coefficient (Wildman–Crippen LogP) is 3.13. The maximum Gasteiger partial charge on any atom is 0.296 e. The lowest BCUT2D eigenvalue weighted by Crippen LogP contribution is -2.27. The number of guanidine groups is 1. The molecule has 5 N–H and O–H groups in total. The lowest BCUT2D eigenvalue weighted by atomic mass is 9.96. The third-order valence-corrected chi connectivity index (χ3v) is 4.85. The minimum atomic E-state index is -2.91. The second-order valence-electron chi connectivity index (χ2n) is 7.69. The molecule has 0 aliphatic rings. The first kappa shape index (κ1) is 23.9. The molecule has 1 aromatic heterocycles. The van der Waals surface area contributed by atoms with Crippen molar-refractivity contribution >= 4 is 28.7 Å². The second-order valence-corrected chi connectivity index (χ2v) is 7.69. The number of amides is 2. The maximum absolute atomic E-state index is 13.8. The van der Waals surface area contributed by atoms with E-state index in [1.165, 1.54) is 18.2 Å². The van der Waals surface area contributed by atoms with Gasteiger partial charge >= 0.3 is 0 Å². The Labute approximate surface area is 189 Å². The zero-order chi connectivity index (χ0) is 24.1. The van der Waals surface area contributed by atoms with Gasteiger partial charge in [-0.05, 0) is 56.9 Å². The minimum Gasteiger partial charge on any atom is -0.454 e. The topological polar surface area (TPSA) is 127 Å². The van der Waals surface area contributed by atoms with Gasteiger partial charge in [-0.25, -0.2) is 8.78 Å². The van der Waals surface area contributed by atoms with E-state index in [1.54, 1.807) is 24.3 Å². The molecule has 0 unspecified atom stereocenters. The number of hydrogen-bond donors (Lipinski definition) is 3. The number of hydrogen-bond acceptors (Lipinski definition) is 4. The summed E-state index contributed by atoms with van der Waals surface area (Å²) in [6.07, 6.45) is -2.20. The number of nitrogens with zero attached hydrogens (tertiary/aromatic N) is 2. The van der Waals surface area contributed by atoms with E-state index in [0.717, 1.165) is 6.54 Å². The van der Waals surface area contributed by atoms with Crippen LogP contribution in [0.15, 0.2) is 51.9 Å². The predicted molar refractivity (Wildman–Crippen MR) is 122 cm³/mol. The molecule has 33 heavy (non-hydrogen) atoms. The zero-order valence-electron chi connectivity index (χ0n) is 18.3. The summed E-state index contributed by atoms with van der Waals surface area (Å²) < 4.78 is 33.0. The van der Waals surface area contributed by atoms with Gasteiger partial charge in [-0.3, -0.25) is 9.59 Å². The summed E-state index contributed by atoms with van der Waals surface area (Å²) in [6.45, 7) is 1.17. The highest BCUT2D eigenvalue weighted by molar-refractivity contribution is 6.06. The van der Waals surface area contributed by atoms with Crippen molar-refractivity contribution in [1.82, 2.24) is 10.2 Å². The van der Waals surface area contributed by atoms with Gasteiger partial charge in [-0.1, -0.05) is 18.2 Å². The number of rotatable bonds is 8. The van der Waals surface area contributed by atoms with E-state index < -0.39 is 30.0 Å². The second kappa shape index (κ2) is 10.2. The molecule has 0 spiro atoms. The van der Waals surface area contributed by atoms with Crippen LogP contribution in [-0.4, -0.2) is 49.9 Å². The Morgan fingerprint density at radius 1 is 1.12 bits per heavy atom. The first-order valence-corrected chi connectivity index (χ1v) is 10.2. The first-order valence-electron chi connectivity index (χ1n) is 10.2. The van der Waals surface area contributed by atoms with Crippen molar-refractivity contribution in [3.05, 3.63) is 59.4 Å². The smallest absolute Gasteiger partial charge is 0.296 e. The molecule has 2 aromatic carbocycles. The number of nitrogens with two attached hydrogens (primary N) is 2. The van der Waals surface area contributed by atoms with Gasteiger partial charge in [0.2, 0.25) is 0 Å². The van der Waals surface area contributed by atoms with Gasteiger partial charge in [0.15, 0.2) is 11.7 Å². The van der Waals surface area contributed by atoms with Crippen LogP contribution in [0.1, 0.15) is 39.3 Å². The van der Waals surface area contributed by atoms with Crippen molar-refractivity contribution < 1.29 is 22.8 Å². The molecule has 3 aromatic rings. The van der Waals surface area contributed by atoms with E-state index in [2.05, 4.69) is 10.3 Å². The standard InChI is InChI=1S/C23H25F2N5O3/c1-30(2)9-5-8-28-21(31)14-10-13(11-15(12-14)22(32)29-23(26)27)18-16-6-3-4-7-17(16)33-19(18)20(24)25/h3-4,6-7,10-12,20H,5,8-9H2,1-2H3,(H,28,31)(H4,26,27,29,32). The van der Waals surface area contributed by atoms with Gasteiger partial charge in [0.1, 0.15) is 5.58 Å². The lowest BCUT2D eigenvalue weighted by Gasteiger charge is -2.12. The molecule has 0 fully saturated rings. The molecule has 1 heterocycles. The Bertz CT molecular complexity index is 1200. The van der Waals surface area contributed by atoms with Crippen molar-refractivity contribution in [2.24, 2.45) is 16.5 Å². The molecule has 0 saturated carbocycles. The molecular weight excluding hydrogens is 432 g/mol. The molecule has 0 saturated heterocycles. The van der Waals surface area contributed by atoms with Crippen molar-refractivity contribution in [3.63, 3.8) is 0 Å². The first-order chi connectivity index (χ1) is 15.7. The van der Waals surface area contributed by atoms with Gasteiger partial charge in [-0.2, -0.15) is 4.99 Å². The van der Waals surface area contributed by atoms with Crippen LogP contribution in [0.5, 0.6) is 0 Å². The summed E-state index contributed by atoms with van der Waals surface area (Å²) in [4.78, 5) is 30.8. The van der Waals surface area contributed by atoms with Crippen molar-refractivity contribution in [1.29, 1.82) is 0 Å². The molecular formula is C23H25F2N5O3. The fourth-order valence-electron chi connectivity index (χ4n) is 3.42. The molecule has 0 atom stereocenters. The normalized spacial score (nSPS) is 11.2. The average Bonchev–Trinajstić information content (AvgIpc) is 3.15. The number of furan rings is 1. The van der Waals surface area contributed by atoms with Crippen molar-refractivity contribution in [3.8, 4) is 11.1 Å². The summed E-state index contributed by atoms with van der Waals surface area (Å²) in [5.41, 5.74) is 11.3. The van der Waals surface area contributed by atoms with E-state index in [1.807, 2.05) is 19.0 Å². The fourth-order valence-corrected chi connectivity index (χ4v) is 3.42. The Balaban J connectivity index is 2.10. The summed E-state index contributed by atoms with van der Waals surface area (Å²) in [7, 11) is 3.84. The number of benzene rings is 2. The Morgan fingerprint density at radius 2 is 1.82 bits per heavy atom. The van der Waals surface area contributed by atoms with Gasteiger partial charge in [0.25, 0.3) is 18.2 Å². The van der Waals surface area contributed by atoms with Crippen LogP contribution in [0, 0.1) is 0 Å². The third-order valence-electron chi connectivity index (χ3n) is 4.85. The van der Waals surface area contributed by atoms with Crippen molar-refractivity contribution in [2.75, 3.05) is 27.2 Å². The summed E-state index contributed by atoms with van der Waals surface area (Å²) in [5, 5.41) is 3.20. The van der Waals surface area contributed by atoms with E-state index in [-0.39, 0.29) is 27.8 Å². The van der Waals surface area contributed by atoms with Crippen molar-refractivity contribution in [2.45, 2.75) is 12.8 Å². The summed E-state index contributed by atoms with van der Waals surface area (Å²) in [5.74, 6) is -2.27. The SMILES string of the molecule is CN(C)CCCNC(=O)c1cc(C(=O)N=C(N)N)cc(-c2c(C(F)F)oc3ccccc23)c1. The Hall–Kier alpha value is -3.79. The molecule has 2 amide bonds. The molecule has 8 nitrogen and oxygen atoms in total. The number of alkyl halides is 2. The van der Waals surface area contributed by atoms with Crippen LogP contribution in [0.4, 0.5) is 8.78 Å². The van der Waals surface area contributed by atoms with Crippen LogP contribution in [0.25, 0.3) is 22.1 Å². The molecule has 3 rings (SSSR count). The molecule has 0 bridgehead atoms. The number of nitrogens with one attached hydrogen (secondary N) is 1. The van der Waals surface area contributed by atoms with Crippen LogP contribution >= 0.6 is 0 Å². The van der Waals surface area contributed by atoms with Crippen LogP contribution in [0.3, 0.4) is 0 Å². The summed E-state index contributed by atoms with van der Waals surface area (Å²) in [6, 6.07) is 10.7. The highest BCUT2D eigenvalue weighted by Crippen LogP contribution is 2.40. The minimum absolute atomic E-state index is 0.0233. The lowest BCUT2D eigenvalue weighted by molar-refractivity contribution is 0.0952. The van der Waals surface area contributed by atoms with Crippen LogP contribution in [-0.2, 0) is 0 Å². The molecule has 0 aliphatic heterocycles. The molecule has 0 radical (unpaired) electrons. The molecule has 10 heteroatoms. The molecule has 0 aliphatic carbocycles. The number of carbonyl (C=O) groups excluding carboxylic acids is 2. The number of aliphatic imine (C=N–C) groups is 1. The van der Waals surface area contributed by atoms with E-state index in [0.29, 0.717) is 18.4 Å². The highest BCUT2D eigenvalue weighted by Gasteiger charge is 2.25. The number of carbonyl (C=O) groups is 2. The van der Waals surface area contributed by atoms with E-state index >= 15 is 0 Å². The number of para-hydroxylation sites is 1. The van der Waals surface area contributed by atoms with Crippen LogP contribution < -0.4 is 16.8 Å². The summed E-state index contributed by atoms with van der Waals surface area (Å²) >= 11 is 0. The van der Waals surface area contributed by atoms with E-state index in [4.69, 9.17) is 15.9 Å². The maximum atomic E-state index is 13.8. The largest absolute Gasteiger partial charge is 0.454 e. The van der Waals surface area contributed by atoms with E-state index in [9.17, 15) is 18.4 Å². The Kier molecular flexibility index (Phi) is 7.39. The van der Waals surface area contributed by atoms with Gasteiger partial charge < -0.3 is 26.1 Å². The number of fused-ring (bicyclic) bond motifs is 1.